The van der Waals surface area contributed by atoms with Gasteiger partial charge >= 0.3 is 0 Å². The van der Waals surface area contributed by atoms with Crippen LogP contribution in [0.1, 0.15) is 22.7 Å². The van der Waals surface area contributed by atoms with E-state index in [0.29, 0.717) is 6.42 Å². The molecule has 1 aliphatic carbocycles. The number of nitrogens with one attached hydrogen (secondary N) is 1. The lowest BCUT2D eigenvalue weighted by Crippen LogP contribution is -2.21. The van der Waals surface area contributed by atoms with Gasteiger partial charge in [-0.25, -0.2) is 0 Å². The summed E-state index contributed by atoms with van der Waals surface area (Å²) >= 11 is 0. The number of anilines is 1. The van der Waals surface area contributed by atoms with Crippen LogP contribution in [0.3, 0.4) is 0 Å². The van der Waals surface area contributed by atoms with E-state index in [0.717, 1.165) is 33.5 Å². The maximum atomic E-state index is 10.5. The van der Waals surface area contributed by atoms with Crippen LogP contribution >= 0.6 is 0 Å². The lowest BCUT2D eigenvalue weighted by Gasteiger charge is -2.22. The molecule has 2 N–H and O–H groups in total. The maximum absolute atomic E-state index is 10.5. The van der Waals surface area contributed by atoms with E-state index in [-0.39, 0.29) is 6.04 Å². The molecule has 4 nitrogen and oxygen atoms in total. The Labute approximate surface area is 141 Å². The van der Waals surface area contributed by atoms with Gasteiger partial charge in [0.1, 0.15) is 11.3 Å². The molecular formula is C20H20N2O2. The molecule has 0 bridgehead atoms. The average Bonchev–Trinajstić information content (AvgIpc) is 2.92. The molecule has 2 atom stereocenters. The Bertz CT molecular complexity index is 907. The zero-order valence-electron chi connectivity index (χ0n) is 13.8. The summed E-state index contributed by atoms with van der Waals surface area (Å²) in [6, 6.07) is 14.0. The molecule has 0 saturated heterocycles. The topological polar surface area (TPSA) is 54.4 Å². The number of hydrogen-bond acceptors (Lipinski definition) is 4. The van der Waals surface area contributed by atoms with Gasteiger partial charge in [-0.3, -0.25) is 4.98 Å². The first-order chi connectivity index (χ1) is 11.7. The summed E-state index contributed by atoms with van der Waals surface area (Å²) in [6.45, 7) is 2.03. The lowest BCUT2D eigenvalue weighted by atomic mass is 10.0. The fourth-order valence-electron chi connectivity index (χ4n) is 3.56. The molecule has 4 rings (SSSR count). The highest BCUT2D eigenvalue weighted by Crippen LogP contribution is 2.38. The van der Waals surface area contributed by atoms with Crippen molar-refractivity contribution in [1.29, 1.82) is 0 Å². The number of pyridine rings is 1. The van der Waals surface area contributed by atoms with Crippen LogP contribution in [0.2, 0.25) is 0 Å². The van der Waals surface area contributed by atoms with Crippen LogP contribution in [0.4, 0.5) is 5.69 Å². The normalized spacial score (nSPS) is 19.3. The van der Waals surface area contributed by atoms with Crippen molar-refractivity contribution in [3.05, 3.63) is 65.4 Å². The van der Waals surface area contributed by atoms with Gasteiger partial charge in [0.15, 0.2) is 0 Å². The van der Waals surface area contributed by atoms with Gasteiger partial charge in [-0.05, 0) is 29.7 Å². The average molecular weight is 320 g/mol. The van der Waals surface area contributed by atoms with Crippen molar-refractivity contribution >= 4 is 16.6 Å². The molecule has 1 aliphatic rings. The monoisotopic (exact) mass is 320 g/mol. The van der Waals surface area contributed by atoms with Gasteiger partial charge in [0.2, 0.25) is 0 Å². The third-order valence-electron chi connectivity index (χ3n) is 4.77. The summed E-state index contributed by atoms with van der Waals surface area (Å²) in [6.07, 6.45) is 2.09. The van der Waals surface area contributed by atoms with Crippen molar-refractivity contribution < 1.29 is 9.84 Å². The Balaban J connectivity index is 1.82. The standard InChI is InChI=1S/C20H20N2O2/c1-12-11-21-20-15(8-5-9-17(20)24-2)18(12)22-19-14-7-4-3-6-13(14)10-16(19)23/h3-9,11,16,19,23H,10H2,1-2H3,(H,21,22)/t16-,19+/m1/s1. The van der Waals surface area contributed by atoms with E-state index in [9.17, 15) is 5.11 Å². The summed E-state index contributed by atoms with van der Waals surface area (Å²) in [4.78, 5) is 4.52. The minimum atomic E-state index is -0.435. The quantitative estimate of drug-likeness (QED) is 0.774. The third kappa shape index (κ3) is 2.31. The van der Waals surface area contributed by atoms with E-state index in [4.69, 9.17) is 4.74 Å². The molecule has 0 radical (unpaired) electrons. The number of benzene rings is 2. The fraction of sp³-hybridized carbons (Fsp3) is 0.250. The highest BCUT2D eigenvalue weighted by atomic mass is 16.5. The number of aromatic nitrogens is 1. The van der Waals surface area contributed by atoms with Gasteiger partial charge in [-0.15, -0.1) is 0 Å². The van der Waals surface area contributed by atoms with E-state index in [1.807, 2.05) is 43.5 Å². The molecule has 1 aromatic heterocycles. The summed E-state index contributed by atoms with van der Waals surface area (Å²) in [5.74, 6) is 0.753. The first-order valence-electron chi connectivity index (χ1n) is 8.13. The van der Waals surface area contributed by atoms with E-state index in [2.05, 4.69) is 22.4 Å². The molecule has 4 heteroatoms. The SMILES string of the molecule is COc1cccc2c(N[C@H]3c4ccccc4C[C@H]3O)c(C)cnc12. The Hall–Kier alpha value is -2.59. The fourth-order valence-corrected chi connectivity index (χ4v) is 3.56. The Morgan fingerprint density at radius 2 is 2.00 bits per heavy atom. The second kappa shape index (κ2) is 5.80. The summed E-state index contributed by atoms with van der Waals surface area (Å²) in [5.41, 5.74) is 5.24. The summed E-state index contributed by atoms with van der Waals surface area (Å²) < 4.78 is 5.43. The molecule has 0 fully saturated rings. The molecule has 24 heavy (non-hydrogen) atoms. The number of aryl methyl sites for hydroxylation is 1. The van der Waals surface area contributed by atoms with E-state index in [1.54, 1.807) is 7.11 Å². The number of aliphatic hydroxyl groups is 1. The molecule has 0 aliphatic heterocycles. The van der Waals surface area contributed by atoms with Crippen molar-refractivity contribution in [2.75, 3.05) is 12.4 Å². The highest BCUT2D eigenvalue weighted by molar-refractivity contribution is 5.96. The molecule has 0 amide bonds. The molecule has 0 unspecified atom stereocenters. The predicted octanol–water partition coefficient (Wildman–Crippen LogP) is 3.62. The van der Waals surface area contributed by atoms with Crippen LogP contribution in [-0.4, -0.2) is 23.3 Å². The first kappa shape index (κ1) is 15.0. The van der Waals surface area contributed by atoms with Crippen LogP contribution < -0.4 is 10.1 Å². The number of para-hydroxylation sites is 1. The number of hydrogen-bond donors (Lipinski definition) is 2. The van der Waals surface area contributed by atoms with Gasteiger partial charge in [0.05, 0.1) is 19.3 Å². The van der Waals surface area contributed by atoms with Crippen molar-refractivity contribution in [2.24, 2.45) is 0 Å². The van der Waals surface area contributed by atoms with Crippen molar-refractivity contribution in [2.45, 2.75) is 25.5 Å². The predicted molar refractivity (Wildman–Crippen MR) is 95.5 cm³/mol. The van der Waals surface area contributed by atoms with Gasteiger partial charge in [-0.2, -0.15) is 0 Å². The number of ether oxygens (including phenoxy) is 1. The zero-order chi connectivity index (χ0) is 16.7. The van der Waals surface area contributed by atoms with Crippen molar-refractivity contribution in [3.63, 3.8) is 0 Å². The smallest absolute Gasteiger partial charge is 0.145 e. The summed E-state index contributed by atoms with van der Waals surface area (Å²) in [5, 5.41) is 15.1. The number of aliphatic hydroxyl groups excluding tert-OH is 1. The second-order valence-electron chi connectivity index (χ2n) is 6.26. The largest absolute Gasteiger partial charge is 0.494 e. The zero-order valence-corrected chi connectivity index (χ0v) is 13.8. The number of fused-ring (bicyclic) bond motifs is 2. The van der Waals surface area contributed by atoms with E-state index in [1.165, 1.54) is 5.56 Å². The molecule has 3 aromatic rings. The Morgan fingerprint density at radius 3 is 2.83 bits per heavy atom. The molecule has 2 aromatic carbocycles. The van der Waals surface area contributed by atoms with Gasteiger partial charge in [0, 0.05) is 23.7 Å². The minimum absolute atomic E-state index is 0.114. The van der Waals surface area contributed by atoms with Gasteiger partial charge in [0.25, 0.3) is 0 Å². The summed E-state index contributed by atoms with van der Waals surface area (Å²) in [7, 11) is 1.65. The second-order valence-corrected chi connectivity index (χ2v) is 6.26. The van der Waals surface area contributed by atoms with Crippen LogP contribution in [0, 0.1) is 6.92 Å². The first-order valence-corrected chi connectivity index (χ1v) is 8.13. The van der Waals surface area contributed by atoms with Crippen LogP contribution in [0.15, 0.2) is 48.7 Å². The van der Waals surface area contributed by atoms with Gasteiger partial charge in [-0.1, -0.05) is 36.4 Å². The number of methoxy groups -OCH3 is 1. The minimum Gasteiger partial charge on any atom is -0.494 e. The molecule has 122 valence electrons. The number of nitrogens with zero attached hydrogens (tertiary/aromatic N) is 1. The molecule has 0 spiro atoms. The maximum Gasteiger partial charge on any atom is 0.145 e. The van der Waals surface area contributed by atoms with Crippen molar-refractivity contribution in [3.8, 4) is 5.75 Å². The van der Waals surface area contributed by atoms with Crippen LogP contribution in [-0.2, 0) is 6.42 Å². The van der Waals surface area contributed by atoms with Crippen LogP contribution in [0.5, 0.6) is 5.75 Å². The number of rotatable bonds is 3. The van der Waals surface area contributed by atoms with Crippen molar-refractivity contribution in [1.82, 2.24) is 4.98 Å². The van der Waals surface area contributed by atoms with Crippen LogP contribution in [0.25, 0.3) is 10.9 Å². The van der Waals surface area contributed by atoms with E-state index < -0.39 is 6.10 Å². The lowest BCUT2D eigenvalue weighted by molar-refractivity contribution is 0.166. The van der Waals surface area contributed by atoms with Gasteiger partial charge < -0.3 is 15.2 Å². The Kier molecular flexibility index (Phi) is 3.62. The highest BCUT2D eigenvalue weighted by Gasteiger charge is 2.31. The molecule has 1 heterocycles. The third-order valence-corrected chi connectivity index (χ3v) is 4.77. The van der Waals surface area contributed by atoms with E-state index >= 15 is 0 Å². The molecule has 0 saturated carbocycles. The Morgan fingerprint density at radius 1 is 1.17 bits per heavy atom. The molecular weight excluding hydrogens is 300 g/mol.